The second-order valence-electron chi connectivity index (χ2n) is 3.85. The minimum atomic E-state index is 0.495. The summed E-state index contributed by atoms with van der Waals surface area (Å²) >= 11 is 3.57. The number of benzene rings is 1. The van der Waals surface area contributed by atoms with Crippen molar-refractivity contribution in [1.29, 1.82) is 0 Å². The van der Waals surface area contributed by atoms with E-state index in [2.05, 4.69) is 47.1 Å². The van der Waals surface area contributed by atoms with Gasteiger partial charge in [0.15, 0.2) is 0 Å². The minimum Gasteiger partial charge on any atom is -0.330 e. The topological polar surface area (TPSA) is 26.0 Å². The third kappa shape index (κ3) is 1.64. The fourth-order valence-electron chi connectivity index (χ4n) is 1.82. The van der Waals surface area contributed by atoms with Crippen LogP contribution in [0.5, 0.6) is 0 Å². The Morgan fingerprint density at radius 3 is 2.93 bits per heavy atom. The van der Waals surface area contributed by atoms with Gasteiger partial charge in [-0.15, -0.1) is 0 Å². The van der Waals surface area contributed by atoms with Crippen LogP contribution >= 0.6 is 15.9 Å². The predicted molar refractivity (Wildman–Crippen MR) is 64.0 cm³/mol. The Kier molecular flexibility index (Phi) is 2.75. The van der Waals surface area contributed by atoms with E-state index in [1.807, 2.05) is 0 Å². The molecule has 1 nitrogen and oxygen atoms in total. The van der Waals surface area contributed by atoms with E-state index in [1.54, 1.807) is 0 Å². The lowest BCUT2D eigenvalue weighted by molar-refractivity contribution is 0.684. The maximum absolute atomic E-state index is 5.67. The van der Waals surface area contributed by atoms with Gasteiger partial charge in [0.05, 0.1) is 0 Å². The summed E-state index contributed by atoms with van der Waals surface area (Å²) in [4.78, 5) is 0. The van der Waals surface area contributed by atoms with Gasteiger partial charge in [0.25, 0.3) is 0 Å². The second kappa shape index (κ2) is 3.87. The van der Waals surface area contributed by atoms with Gasteiger partial charge in [-0.3, -0.25) is 0 Å². The molecule has 0 aromatic heterocycles. The first kappa shape index (κ1) is 9.94. The van der Waals surface area contributed by atoms with Gasteiger partial charge in [-0.05, 0) is 36.1 Å². The molecule has 74 valence electrons. The third-order valence-electron chi connectivity index (χ3n) is 2.85. The molecule has 0 aliphatic heterocycles. The highest BCUT2D eigenvalue weighted by atomic mass is 79.9. The Morgan fingerprint density at radius 2 is 2.29 bits per heavy atom. The molecule has 2 N–H and O–H groups in total. The van der Waals surface area contributed by atoms with Gasteiger partial charge in [0.1, 0.15) is 0 Å². The lowest BCUT2D eigenvalue weighted by Gasteiger charge is -2.08. The van der Waals surface area contributed by atoms with Gasteiger partial charge in [-0.25, -0.2) is 0 Å². The summed E-state index contributed by atoms with van der Waals surface area (Å²) in [6.07, 6.45) is 3.34. The molecule has 0 fully saturated rings. The van der Waals surface area contributed by atoms with Crippen LogP contribution in [0.1, 0.15) is 18.1 Å². The molecular formula is C12H14BrN. The van der Waals surface area contributed by atoms with Crippen molar-refractivity contribution in [3.8, 4) is 0 Å². The van der Waals surface area contributed by atoms with E-state index in [9.17, 15) is 0 Å². The van der Waals surface area contributed by atoms with Crippen LogP contribution in [0.4, 0.5) is 0 Å². The molecule has 0 heterocycles. The molecule has 0 radical (unpaired) electrons. The molecule has 14 heavy (non-hydrogen) atoms. The smallest absolute Gasteiger partial charge is 0.0250 e. The summed E-state index contributed by atoms with van der Waals surface area (Å²) in [5.74, 6) is 0.495. The van der Waals surface area contributed by atoms with Gasteiger partial charge in [0.2, 0.25) is 0 Å². The zero-order valence-corrected chi connectivity index (χ0v) is 9.84. The number of nitrogens with two attached hydrogens (primary N) is 1. The van der Waals surface area contributed by atoms with Crippen LogP contribution in [-0.2, 0) is 6.42 Å². The zero-order valence-electron chi connectivity index (χ0n) is 8.26. The van der Waals surface area contributed by atoms with Crippen LogP contribution in [0, 0.1) is 5.92 Å². The number of fused-ring (bicyclic) bond motifs is 1. The number of hydrogen-bond acceptors (Lipinski definition) is 1. The van der Waals surface area contributed by atoms with E-state index in [0.717, 1.165) is 13.0 Å². The van der Waals surface area contributed by atoms with Gasteiger partial charge in [-0.1, -0.05) is 46.6 Å². The Hall–Kier alpha value is -0.600. The molecule has 0 saturated heterocycles. The molecule has 1 aromatic rings. The molecule has 0 saturated carbocycles. The molecule has 1 aliphatic rings. The SMILES string of the molecule is CC(CN)C1=Cc2c(Br)cccc2C1. The van der Waals surface area contributed by atoms with Gasteiger partial charge >= 0.3 is 0 Å². The first-order valence-electron chi connectivity index (χ1n) is 4.90. The van der Waals surface area contributed by atoms with Crippen LogP contribution in [0.25, 0.3) is 6.08 Å². The van der Waals surface area contributed by atoms with Crippen molar-refractivity contribution in [1.82, 2.24) is 0 Å². The average Bonchev–Trinajstić information content (AvgIpc) is 2.62. The molecule has 0 bridgehead atoms. The highest BCUT2D eigenvalue weighted by molar-refractivity contribution is 9.10. The van der Waals surface area contributed by atoms with Crippen molar-refractivity contribution >= 4 is 22.0 Å². The van der Waals surface area contributed by atoms with Crippen molar-refractivity contribution in [2.75, 3.05) is 6.54 Å². The van der Waals surface area contributed by atoms with E-state index in [-0.39, 0.29) is 0 Å². The predicted octanol–water partition coefficient (Wildman–Crippen LogP) is 2.98. The Labute approximate surface area is 93.1 Å². The zero-order chi connectivity index (χ0) is 10.1. The first-order chi connectivity index (χ1) is 6.72. The van der Waals surface area contributed by atoms with E-state index >= 15 is 0 Å². The van der Waals surface area contributed by atoms with Gasteiger partial charge in [-0.2, -0.15) is 0 Å². The average molecular weight is 252 g/mol. The summed E-state index contributed by atoms with van der Waals surface area (Å²) in [6.45, 7) is 2.92. The molecule has 0 amide bonds. The monoisotopic (exact) mass is 251 g/mol. The molecule has 2 heteroatoms. The van der Waals surface area contributed by atoms with Crippen molar-refractivity contribution in [2.24, 2.45) is 11.7 Å². The Morgan fingerprint density at radius 1 is 1.50 bits per heavy atom. The molecular weight excluding hydrogens is 238 g/mol. The maximum atomic E-state index is 5.67. The summed E-state index contributed by atoms with van der Waals surface area (Å²) in [7, 11) is 0. The highest BCUT2D eigenvalue weighted by Gasteiger charge is 2.17. The van der Waals surface area contributed by atoms with Crippen molar-refractivity contribution in [3.63, 3.8) is 0 Å². The van der Waals surface area contributed by atoms with Crippen LogP contribution in [0.15, 0.2) is 28.2 Å². The lowest BCUT2D eigenvalue weighted by atomic mass is 10.00. The molecule has 1 aliphatic carbocycles. The lowest BCUT2D eigenvalue weighted by Crippen LogP contribution is -2.12. The fraction of sp³-hybridized carbons (Fsp3) is 0.333. The molecule has 1 atom stereocenters. The second-order valence-corrected chi connectivity index (χ2v) is 4.70. The summed E-state index contributed by atoms with van der Waals surface area (Å²) in [6, 6.07) is 6.37. The van der Waals surface area contributed by atoms with Gasteiger partial charge in [0, 0.05) is 4.47 Å². The molecule has 0 spiro atoms. The third-order valence-corrected chi connectivity index (χ3v) is 3.55. The Balaban J connectivity index is 2.34. The summed E-state index contributed by atoms with van der Waals surface area (Å²) in [5, 5.41) is 0. The first-order valence-corrected chi connectivity index (χ1v) is 5.69. The Bertz CT molecular complexity index is 382. The largest absolute Gasteiger partial charge is 0.330 e. The quantitative estimate of drug-likeness (QED) is 0.860. The van der Waals surface area contributed by atoms with Crippen LogP contribution in [0.2, 0.25) is 0 Å². The van der Waals surface area contributed by atoms with Crippen LogP contribution < -0.4 is 5.73 Å². The van der Waals surface area contributed by atoms with Crippen molar-refractivity contribution in [3.05, 3.63) is 39.4 Å². The number of halogens is 1. The number of rotatable bonds is 2. The van der Waals surface area contributed by atoms with Crippen molar-refractivity contribution < 1.29 is 0 Å². The fourth-order valence-corrected chi connectivity index (χ4v) is 2.34. The van der Waals surface area contributed by atoms with Crippen LogP contribution in [0.3, 0.4) is 0 Å². The van der Waals surface area contributed by atoms with E-state index in [1.165, 1.54) is 21.2 Å². The standard InChI is InChI=1S/C12H14BrN/c1-8(7-14)10-5-9-3-2-4-12(13)11(9)6-10/h2-4,6,8H,5,7,14H2,1H3. The maximum Gasteiger partial charge on any atom is 0.0250 e. The molecule has 2 rings (SSSR count). The van der Waals surface area contributed by atoms with E-state index in [4.69, 9.17) is 5.73 Å². The van der Waals surface area contributed by atoms with Crippen molar-refractivity contribution in [2.45, 2.75) is 13.3 Å². The highest BCUT2D eigenvalue weighted by Crippen LogP contribution is 2.33. The van der Waals surface area contributed by atoms with Crippen LogP contribution in [-0.4, -0.2) is 6.54 Å². The van der Waals surface area contributed by atoms with E-state index in [0.29, 0.717) is 5.92 Å². The minimum absolute atomic E-state index is 0.495. The van der Waals surface area contributed by atoms with E-state index < -0.39 is 0 Å². The molecule has 1 unspecified atom stereocenters. The van der Waals surface area contributed by atoms with Gasteiger partial charge < -0.3 is 5.73 Å². The normalized spacial score (nSPS) is 16.4. The summed E-state index contributed by atoms with van der Waals surface area (Å²) in [5.41, 5.74) is 9.87. The number of hydrogen-bond donors (Lipinski definition) is 1. The summed E-state index contributed by atoms with van der Waals surface area (Å²) < 4.78 is 1.19. The molecule has 1 aromatic carbocycles.